The van der Waals surface area contributed by atoms with E-state index < -0.39 is 8.07 Å². The van der Waals surface area contributed by atoms with E-state index in [9.17, 15) is 0 Å². The lowest BCUT2D eigenvalue weighted by atomic mass is 10.1. The summed E-state index contributed by atoms with van der Waals surface area (Å²) in [4.78, 5) is 0. The molecule has 0 aliphatic rings. The molecule has 0 saturated carbocycles. The highest BCUT2D eigenvalue weighted by Crippen LogP contribution is 2.27. The minimum Gasteiger partial charge on any atom is -0.497 e. The number of methoxy groups -OCH3 is 1. The molecule has 1 rings (SSSR count). The van der Waals surface area contributed by atoms with Gasteiger partial charge in [-0.1, -0.05) is 51.0 Å². The molecule has 0 aliphatic carbocycles. The largest absolute Gasteiger partial charge is 0.497 e. The average molecular weight is 274 g/mol. The first-order chi connectivity index (χ1) is 8.99. The van der Waals surface area contributed by atoms with Crippen LogP contribution in [0.2, 0.25) is 19.6 Å². The molecule has 0 spiro atoms. The van der Waals surface area contributed by atoms with Crippen molar-refractivity contribution in [3.8, 4) is 17.6 Å². The van der Waals surface area contributed by atoms with Gasteiger partial charge in [0.1, 0.15) is 5.75 Å². The highest BCUT2D eigenvalue weighted by atomic mass is 28.3. The molecule has 1 nitrogen and oxygen atoms in total. The van der Waals surface area contributed by atoms with E-state index in [0.29, 0.717) is 5.54 Å². The summed E-state index contributed by atoms with van der Waals surface area (Å²) >= 11 is 0. The van der Waals surface area contributed by atoms with Crippen LogP contribution in [0.4, 0.5) is 0 Å². The summed E-state index contributed by atoms with van der Waals surface area (Å²) in [6.45, 7) is 9.37. The van der Waals surface area contributed by atoms with Gasteiger partial charge in [0.2, 0.25) is 0 Å². The second-order valence-electron chi connectivity index (χ2n) is 6.00. The molecule has 0 aliphatic heterocycles. The second kappa shape index (κ2) is 7.40. The molecule has 0 heterocycles. The highest BCUT2D eigenvalue weighted by molar-refractivity contribution is 6.78. The Labute approximate surface area is 119 Å². The van der Waals surface area contributed by atoms with Crippen LogP contribution in [0.15, 0.2) is 24.3 Å². The van der Waals surface area contributed by atoms with Gasteiger partial charge in [-0.3, -0.25) is 0 Å². The highest BCUT2D eigenvalue weighted by Gasteiger charge is 2.26. The molecule has 2 heteroatoms. The molecule has 0 fully saturated rings. The van der Waals surface area contributed by atoms with E-state index in [-0.39, 0.29) is 0 Å². The Hall–Kier alpha value is -1.20. The summed E-state index contributed by atoms with van der Waals surface area (Å²) < 4.78 is 5.22. The van der Waals surface area contributed by atoms with Gasteiger partial charge in [-0.15, -0.1) is 5.92 Å². The Morgan fingerprint density at radius 1 is 1.16 bits per heavy atom. The first-order valence-electron chi connectivity index (χ1n) is 7.11. The molecule has 1 aromatic carbocycles. The van der Waals surface area contributed by atoms with Crippen LogP contribution in [0.1, 0.15) is 37.3 Å². The van der Waals surface area contributed by atoms with Crippen LogP contribution in [-0.4, -0.2) is 15.2 Å². The Bertz CT molecular complexity index is 431. The molecule has 0 bridgehead atoms. The van der Waals surface area contributed by atoms with Crippen LogP contribution in [0.5, 0.6) is 5.75 Å². The van der Waals surface area contributed by atoms with Gasteiger partial charge >= 0.3 is 0 Å². The van der Waals surface area contributed by atoms with Gasteiger partial charge in [-0.05, 0) is 24.1 Å². The predicted octanol–water partition coefficient (Wildman–Crippen LogP) is 4.85. The maximum absolute atomic E-state index is 5.22. The normalized spacial score (nSPS) is 12.5. The smallest absolute Gasteiger partial charge is 0.118 e. The number of unbranched alkanes of at least 4 members (excludes halogenated alkanes) is 2. The van der Waals surface area contributed by atoms with E-state index in [1.54, 1.807) is 7.11 Å². The van der Waals surface area contributed by atoms with Crippen LogP contribution in [-0.2, 0) is 0 Å². The summed E-state index contributed by atoms with van der Waals surface area (Å²) in [5.74, 6) is 7.81. The lowest BCUT2D eigenvalue weighted by molar-refractivity contribution is 0.414. The molecule has 104 valence electrons. The third-order valence-electron chi connectivity index (χ3n) is 3.22. The SMILES string of the molecule is CCCCC#CC(c1ccc(OC)cc1)[Si](C)(C)C. The fourth-order valence-electron chi connectivity index (χ4n) is 2.04. The average Bonchev–Trinajstić information content (AvgIpc) is 2.37. The molecule has 1 aromatic rings. The number of benzene rings is 1. The lowest BCUT2D eigenvalue weighted by Crippen LogP contribution is -2.30. The number of rotatable bonds is 5. The van der Waals surface area contributed by atoms with Crippen molar-refractivity contribution < 1.29 is 4.74 Å². The molecule has 0 N–H and O–H groups in total. The zero-order valence-electron chi connectivity index (χ0n) is 12.9. The maximum Gasteiger partial charge on any atom is 0.118 e. The molecule has 1 atom stereocenters. The maximum atomic E-state index is 5.22. The standard InChI is InChI=1S/C17H26OSi/c1-6-7-8-9-10-17(19(3,4)5)15-11-13-16(18-2)14-12-15/h11-14,17H,6-8H2,1-5H3. The van der Waals surface area contributed by atoms with Crippen molar-refractivity contribution in [2.45, 2.75) is 51.4 Å². The number of ether oxygens (including phenoxy) is 1. The van der Waals surface area contributed by atoms with Crippen LogP contribution in [0, 0.1) is 11.8 Å². The molecule has 0 aromatic heterocycles. The van der Waals surface area contributed by atoms with Crippen molar-refractivity contribution in [1.29, 1.82) is 0 Å². The van der Waals surface area contributed by atoms with Crippen molar-refractivity contribution in [2.75, 3.05) is 7.11 Å². The van der Waals surface area contributed by atoms with Gasteiger partial charge in [0.15, 0.2) is 0 Å². The van der Waals surface area contributed by atoms with E-state index in [0.717, 1.165) is 12.2 Å². The van der Waals surface area contributed by atoms with Crippen LogP contribution in [0.25, 0.3) is 0 Å². The summed E-state index contributed by atoms with van der Waals surface area (Å²) in [5, 5.41) is 0. The monoisotopic (exact) mass is 274 g/mol. The minimum atomic E-state index is -1.33. The summed E-state index contributed by atoms with van der Waals surface area (Å²) in [6, 6.07) is 8.40. The van der Waals surface area contributed by atoms with Crippen LogP contribution in [0.3, 0.4) is 0 Å². The molecule has 19 heavy (non-hydrogen) atoms. The van der Waals surface area contributed by atoms with Crippen molar-refractivity contribution in [3.63, 3.8) is 0 Å². The third kappa shape index (κ3) is 5.12. The Morgan fingerprint density at radius 3 is 2.26 bits per heavy atom. The van der Waals surface area contributed by atoms with E-state index in [1.165, 1.54) is 18.4 Å². The zero-order chi connectivity index (χ0) is 14.3. The molecule has 0 radical (unpaired) electrons. The minimum absolute atomic E-state index is 0.412. The quantitative estimate of drug-likeness (QED) is 0.424. The molecule has 0 amide bonds. The number of hydrogen-bond donors (Lipinski definition) is 0. The second-order valence-corrected chi connectivity index (χ2v) is 11.3. The first kappa shape index (κ1) is 15.9. The topological polar surface area (TPSA) is 9.23 Å². The van der Waals surface area contributed by atoms with E-state index in [2.05, 4.69) is 50.5 Å². The summed E-state index contributed by atoms with van der Waals surface area (Å²) in [6.07, 6.45) is 3.44. The van der Waals surface area contributed by atoms with Crippen molar-refractivity contribution in [2.24, 2.45) is 0 Å². The fourth-order valence-corrected chi connectivity index (χ4v) is 3.76. The van der Waals surface area contributed by atoms with Crippen molar-refractivity contribution in [1.82, 2.24) is 0 Å². The summed E-state index contributed by atoms with van der Waals surface area (Å²) in [7, 11) is 0.374. The van der Waals surface area contributed by atoms with Gasteiger partial charge in [0.25, 0.3) is 0 Å². The Balaban J connectivity index is 2.92. The van der Waals surface area contributed by atoms with Gasteiger partial charge in [-0.2, -0.15) is 0 Å². The molecule has 0 saturated heterocycles. The number of hydrogen-bond acceptors (Lipinski definition) is 1. The van der Waals surface area contributed by atoms with Crippen LogP contribution < -0.4 is 4.74 Å². The first-order valence-corrected chi connectivity index (χ1v) is 10.7. The van der Waals surface area contributed by atoms with Crippen molar-refractivity contribution >= 4 is 8.07 Å². The molecular weight excluding hydrogens is 248 g/mol. The zero-order valence-corrected chi connectivity index (χ0v) is 13.9. The lowest BCUT2D eigenvalue weighted by Gasteiger charge is -2.24. The fraction of sp³-hybridized carbons (Fsp3) is 0.529. The van der Waals surface area contributed by atoms with E-state index >= 15 is 0 Å². The molecule has 1 unspecified atom stereocenters. The van der Waals surface area contributed by atoms with Gasteiger partial charge in [0, 0.05) is 12.0 Å². The Morgan fingerprint density at radius 2 is 1.79 bits per heavy atom. The van der Waals surface area contributed by atoms with Crippen molar-refractivity contribution in [3.05, 3.63) is 29.8 Å². The van der Waals surface area contributed by atoms with Crippen LogP contribution >= 0.6 is 0 Å². The van der Waals surface area contributed by atoms with E-state index in [1.807, 2.05) is 12.1 Å². The van der Waals surface area contributed by atoms with E-state index in [4.69, 9.17) is 4.74 Å². The van der Waals surface area contributed by atoms with Gasteiger partial charge < -0.3 is 4.74 Å². The summed E-state index contributed by atoms with van der Waals surface area (Å²) in [5.41, 5.74) is 1.75. The van der Waals surface area contributed by atoms with Gasteiger partial charge in [0.05, 0.1) is 15.2 Å². The third-order valence-corrected chi connectivity index (χ3v) is 5.43. The predicted molar refractivity (Wildman–Crippen MR) is 86.4 cm³/mol. The Kier molecular flexibility index (Phi) is 6.18. The molecular formula is C17H26OSi. The van der Waals surface area contributed by atoms with Gasteiger partial charge in [-0.25, -0.2) is 0 Å².